The van der Waals surface area contributed by atoms with E-state index in [1.165, 1.54) is 18.2 Å². The van der Waals surface area contributed by atoms with Crippen LogP contribution in [-0.2, 0) is 0 Å². The van der Waals surface area contributed by atoms with Gasteiger partial charge in [0.25, 0.3) is 5.91 Å². The Bertz CT molecular complexity index is 1100. The van der Waals surface area contributed by atoms with Crippen molar-refractivity contribution < 1.29 is 18.7 Å². The summed E-state index contributed by atoms with van der Waals surface area (Å²) in [5.74, 6) is -1.38. The van der Waals surface area contributed by atoms with Crippen LogP contribution in [0.4, 0.5) is 8.78 Å². The summed E-state index contributed by atoms with van der Waals surface area (Å²) in [6.07, 6.45) is 1.37. The molecule has 0 saturated carbocycles. The van der Waals surface area contributed by atoms with Crippen LogP contribution in [0.25, 0.3) is 5.69 Å². The summed E-state index contributed by atoms with van der Waals surface area (Å²) in [5.41, 5.74) is 3.33. The SMILES string of the molecule is Cc1cc(C2CCN(C(=O)c3cc(O)ccc3F)CC2)n(-c2cc(F)ccc2C)n1. The Morgan fingerprint density at radius 1 is 1.07 bits per heavy atom. The molecule has 4 rings (SSSR count). The summed E-state index contributed by atoms with van der Waals surface area (Å²) in [4.78, 5) is 14.3. The maximum atomic E-state index is 14.0. The van der Waals surface area contributed by atoms with Crippen molar-refractivity contribution in [1.29, 1.82) is 0 Å². The number of likely N-dealkylation sites (tertiary alicyclic amines) is 1. The number of hydrogen-bond acceptors (Lipinski definition) is 3. The van der Waals surface area contributed by atoms with E-state index in [0.29, 0.717) is 31.6 Å². The van der Waals surface area contributed by atoms with Crippen LogP contribution < -0.4 is 0 Å². The standard InChI is InChI=1S/C23H23F2N3O2/c1-14-3-4-17(24)12-21(14)28-22(11-15(2)26-28)16-7-9-27(10-8-16)23(30)19-13-18(29)5-6-20(19)25/h3-6,11-13,16,29H,7-10H2,1-2H3. The number of aryl methyl sites for hydroxylation is 2. The van der Waals surface area contributed by atoms with Crippen LogP contribution in [0.3, 0.4) is 0 Å². The summed E-state index contributed by atoms with van der Waals surface area (Å²) >= 11 is 0. The molecule has 0 bridgehead atoms. The van der Waals surface area contributed by atoms with Crippen molar-refractivity contribution in [3.05, 3.63) is 76.6 Å². The third-order valence-electron chi connectivity index (χ3n) is 5.64. The molecule has 1 N–H and O–H groups in total. The summed E-state index contributed by atoms with van der Waals surface area (Å²) < 4.78 is 29.7. The molecule has 7 heteroatoms. The minimum Gasteiger partial charge on any atom is -0.508 e. The fourth-order valence-electron chi connectivity index (χ4n) is 4.04. The molecule has 0 unspecified atom stereocenters. The van der Waals surface area contributed by atoms with Gasteiger partial charge in [0.2, 0.25) is 0 Å². The maximum absolute atomic E-state index is 14.0. The zero-order valence-electron chi connectivity index (χ0n) is 16.9. The number of benzene rings is 2. The summed E-state index contributed by atoms with van der Waals surface area (Å²) in [7, 11) is 0. The third kappa shape index (κ3) is 3.79. The average molecular weight is 411 g/mol. The lowest BCUT2D eigenvalue weighted by molar-refractivity contribution is 0.0706. The molecule has 1 aromatic heterocycles. The van der Waals surface area contributed by atoms with Crippen molar-refractivity contribution in [2.45, 2.75) is 32.6 Å². The first-order valence-corrected chi connectivity index (χ1v) is 9.94. The van der Waals surface area contributed by atoms with Crippen molar-refractivity contribution in [1.82, 2.24) is 14.7 Å². The zero-order valence-corrected chi connectivity index (χ0v) is 16.9. The first-order chi connectivity index (χ1) is 14.3. The van der Waals surface area contributed by atoms with Crippen molar-refractivity contribution >= 4 is 5.91 Å². The van der Waals surface area contributed by atoms with Gasteiger partial charge in [-0.2, -0.15) is 5.10 Å². The Morgan fingerprint density at radius 2 is 1.80 bits per heavy atom. The smallest absolute Gasteiger partial charge is 0.256 e. The lowest BCUT2D eigenvalue weighted by Crippen LogP contribution is -2.38. The highest BCUT2D eigenvalue weighted by Crippen LogP contribution is 2.32. The van der Waals surface area contributed by atoms with E-state index in [2.05, 4.69) is 5.10 Å². The summed E-state index contributed by atoms with van der Waals surface area (Å²) in [6.45, 7) is 4.74. The van der Waals surface area contributed by atoms with Gasteiger partial charge in [-0.05, 0) is 68.7 Å². The van der Waals surface area contributed by atoms with Crippen LogP contribution in [-0.4, -0.2) is 38.8 Å². The molecule has 1 aliphatic heterocycles. The summed E-state index contributed by atoms with van der Waals surface area (Å²) in [5, 5.41) is 14.2. The molecule has 30 heavy (non-hydrogen) atoms. The van der Waals surface area contributed by atoms with E-state index in [1.54, 1.807) is 15.6 Å². The molecule has 3 aromatic rings. The molecule has 1 saturated heterocycles. The van der Waals surface area contributed by atoms with Crippen molar-refractivity contribution in [2.75, 3.05) is 13.1 Å². The summed E-state index contributed by atoms with van der Waals surface area (Å²) in [6, 6.07) is 10.1. The molecule has 156 valence electrons. The quantitative estimate of drug-likeness (QED) is 0.691. The van der Waals surface area contributed by atoms with Gasteiger partial charge in [-0.25, -0.2) is 13.5 Å². The highest BCUT2D eigenvalue weighted by molar-refractivity contribution is 5.95. The number of nitrogens with zero attached hydrogens (tertiary/aromatic N) is 3. The Kier molecular flexibility index (Phi) is 5.28. The van der Waals surface area contributed by atoms with Crippen molar-refractivity contribution in [2.24, 2.45) is 0 Å². The van der Waals surface area contributed by atoms with E-state index in [9.17, 15) is 18.7 Å². The molecule has 0 aliphatic carbocycles. The molecular weight excluding hydrogens is 388 g/mol. The molecular formula is C23H23F2N3O2. The van der Waals surface area contributed by atoms with Crippen LogP contribution in [0, 0.1) is 25.5 Å². The Labute approximate surface area is 173 Å². The Balaban J connectivity index is 1.55. The largest absolute Gasteiger partial charge is 0.508 e. The van der Waals surface area contributed by atoms with Gasteiger partial charge in [0.1, 0.15) is 17.4 Å². The minimum atomic E-state index is -0.643. The highest BCUT2D eigenvalue weighted by Gasteiger charge is 2.28. The predicted octanol–water partition coefficient (Wildman–Crippen LogP) is 4.49. The molecule has 0 atom stereocenters. The number of aromatic nitrogens is 2. The lowest BCUT2D eigenvalue weighted by Gasteiger charge is -2.32. The number of aromatic hydroxyl groups is 1. The number of piperidine rings is 1. The van der Waals surface area contributed by atoms with E-state index in [1.807, 2.05) is 19.9 Å². The van der Waals surface area contributed by atoms with Gasteiger partial charge in [-0.15, -0.1) is 0 Å². The maximum Gasteiger partial charge on any atom is 0.256 e. The molecule has 2 heterocycles. The Morgan fingerprint density at radius 3 is 2.53 bits per heavy atom. The topological polar surface area (TPSA) is 58.4 Å². The molecule has 0 radical (unpaired) electrons. The number of carbonyl (C=O) groups excluding carboxylic acids is 1. The van der Waals surface area contributed by atoms with Crippen LogP contribution >= 0.6 is 0 Å². The van der Waals surface area contributed by atoms with Gasteiger partial charge in [0, 0.05) is 24.7 Å². The number of carbonyl (C=O) groups is 1. The second kappa shape index (κ2) is 7.89. The second-order valence-electron chi connectivity index (χ2n) is 7.78. The van der Waals surface area contributed by atoms with Crippen LogP contribution in [0.1, 0.15) is 46.1 Å². The second-order valence-corrected chi connectivity index (χ2v) is 7.78. The van der Waals surface area contributed by atoms with E-state index in [4.69, 9.17) is 0 Å². The van der Waals surface area contributed by atoms with E-state index in [-0.39, 0.29) is 23.0 Å². The minimum absolute atomic E-state index is 0.121. The number of hydrogen-bond donors (Lipinski definition) is 1. The number of phenolic OH excluding ortho intramolecular Hbond substituents is 1. The molecule has 2 aromatic carbocycles. The number of amides is 1. The number of phenols is 1. The van der Waals surface area contributed by atoms with E-state index < -0.39 is 11.7 Å². The average Bonchev–Trinajstić information content (AvgIpc) is 3.12. The zero-order chi connectivity index (χ0) is 21.4. The molecule has 1 aliphatic rings. The molecule has 1 fully saturated rings. The third-order valence-corrected chi connectivity index (χ3v) is 5.64. The van der Waals surface area contributed by atoms with Crippen LogP contribution in [0.5, 0.6) is 5.75 Å². The fraction of sp³-hybridized carbons (Fsp3) is 0.304. The van der Waals surface area contributed by atoms with Crippen LogP contribution in [0.15, 0.2) is 42.5 Å². The van der Waals surface area contributed by atoms with Gasteiger partial charge in [0.15, 0.2) is 0 Å². The fourth-order valence-corrected chi connectivity index (χ4v) is 4.04. The molecule has 0 spiro atoms. The van der Waals surface area contributed by atoms with Gasteiger partial charge < -0.3 is 10.0 Å². The molecule has 1 amide bonds. The van der Waals surface area contributed by atoms with Crippen molar-refractivity contribution in [3.63, 3.8) is 0 Å². The van der Waals surface area contributed by atoms with Gasteiger partial charge >= 0.3 is 0 Å². The molecule has 5 nitrogen and oxygen atoms in total. The monoisotopic (exact) mass is 411 g/mol. The first-order valence-electron chi connectivity index (χ1n) is 9.94. The van der Waals surface area contributed by atoms with E-state index >= 15 is 0 Å². The first kappa shape index (κ1) is 20.1. The van der Waals surface area contributed by atoms with Gasteiger partial charge in [0.05, 0.1) is 16.9 Å². The van der Waals surface area contributed by atoms with Crippen molar-refractivity contribution in [3.8, 4) is 11.4 Å². The van der Waals surface area contributed by atoms with Crippen LogP contribution in [0.2, 0.25) is 0 Å². The number of halogens is 2. The Hall–Kier alpha value is -3.22. The highest BCUT2D eigenvalue weighted by atomic mass is 19.1. The van der Waals surface area contributed by atoms with Gasteiger partial charge in [-0.3, -0.25) is 4.79 Å². The lowest BCUT2D eigenvalue weighted by atomic mass is 9.92. The number of rotatable bonds is 3. The predicted molar refractivity (Wildman–Crippen MR) is 109 cm³/mol. The normalized spacial score (nSPS) is 14.9. The van der Waals surface area contributed by atoms with E-state index in [0.717, 1.165) is 29.1 Å². The van der Waals surface area contributed by atoms with Gasteiger partial charge in [-0.1, -0.05) is 6.07 Å².